The Kier molecular flexibility index (Phi) is 6.13. The number of unbranched alkanes of at least 4 members (excludes halogenated alkanes) is 1. The zero-order valence-corrected chi connectivity index (χ0v) is 12.1. The molecule has 3 nitrogen and oxygen atoms in total. The lowest BCUT2D eigenvalue weighted by molar-refractivity contribution is 0.0679. The van der Waals surface area contributed by atoms with Crippen LogP contribution in [0.4, 0.5) is 0 Å². The summed E-state index contributed by atoms with van der Waals surface area (Å²) in [5.74, 6) is -0.0275. The van der Waals surface area contributed by atoms with E-state index in [-0.39, 0.29) is 11.9 Å². The SMILES string of the molecule is CCCCN(C(=O)c1cc(Cl)ccn1)C(C)CC. The van der Waals surface area contributed by atoms with Crippen LogP contribution in [0.15, 0.2) is 18.3 Å². The van der Waals surface area contributed by atoms with Gasteiger partial charge in [0.1, 0.15) is 5.69 Å². The third-order valence-corrected chi connectivity index (χ3v) is 3.31. The van der Waals surface area contributed by atoms with Crippen molar-refractivity contribution < 1.29 is 4.79 Å². The van der Waals surface area contributed by atoms with Crippen LogP contribution in [-0.4, -0.2) is 28.4 Å². The van der Waals surface area contributed by atoms with Gasteiger partial charge < -0.3 is 4.90 Å². The smallest absolute Gasteiger partial charge is 0.272 e. The van der Waals surface area contributed by atoms with Crippen LogP contribution in [-0.2, 0) is 0 Å². The number of hydrogen-bond donors (Lipinski definition) is 0. The molecule has 0 saturated heterocycles. The van der Waals surface area contributed by atoms with Crippen molar-refractivity contribution in [3.8, 4) is 0 Å². The minimum atomic E-state index is -0.0275. The van der Waals surface area contributed by atoms with Crippen LogP contribution in [0.5, 0.6) is 0 Å². The average Bonchev–Trinajstić information content (AvgIpc) is 2.38. The third kappa shape index (κ3) is 3.98. The van der Waals surface area contributed by atoms with E-state index < -0.39 is 0 Å². The van der Waals surface area contributed by atoms with E-state index in [1.165, 1.54) is 0 Å². The van der Waals surface area contributed by atoms with Gasteiger partial charge in [0.25, 0.3) is 5.91 Å². The van der Waals surface area contributed by atoms with E-state index >= 15 is 0 Å². The number of carbonyl (C=O) groups is 1. The monoisotopic (exact) mass is 268 g/mol. The van der Waals surface area contributed by atoms with Gasteiger partial charge in [0.15, 0.2) is 0 Å². The van der Waals surface area contributed by atoms with Gasteiger partial charge in [0.2, 0.25) is 0 Å². The van der Waals surface area contributed by atoms with Crippen molar-refractivity contribution in [1.29, 1.82) is 0 Å². The molecule has 0 aromatic carbocycles. The number of amides is 1. The van der Waals surface area contributed by atoms with Crippen LogP contribution in [0.25, 0.3) is 0 Å². The molecule has 0 aliphatic rings. The summed E-state index contributed by atoms with van der Waals surface area (Å²) in [6.45, 7) is 7.05. The summed E-state index contributed by atoms with van der Waals surface area (Å²) in [7, 11) is 0. The summed E-state index contributed by atoms with van der Waals surface area (Å²) in [6, 6.07) is 3.54. The number of pyridine rings is 1. The summed E-state index contributed by atoms with van der Waals surface area (Å²) in [5, 5.41) is 0.549. The second-order valence-electron chi connectivity index (χ2n) is 4.47. The molecular formula is C14H21ClN2O. The molecule has 0 fully saturated rings. The first kappa shape index (κ1) is 15.0. The highest BCUT2D eigenvalue weighted by Crippen LogP contribution is 2.14. The van der Waals surface area contributed by atoms with Gasteiger partial charge in [-0.3, -0.25) is 9.78 Å². The summed E-state index contributed by atoms with van der Waals surface area (Å²) in [6.07, 6.45) is 4.60. The molecule has 0 aliphatic carbocycles. The molecule has 0 saturated carbocycles. The highest BCUT2D eigenvalue weighted by molar-refractivity contribution is 6.30. The second-order valence-corrected chi connectivity index (χ2v) is 4.91. The lowest BCUT2D eigenvalue weighted by Gasteiger charge is -2.28. The lowest BCUT2D eigenvalue weighted by atomic mass is 10.1. The van der Waals surface area contributed by atoms with Crippen LogP contribution >= 0.6 is 11.6 Å². The highest BCUT2D eigenvalue weighted by atomic mass is 35.5. The van der Waals surface area contributed by atoms with Gasteiger partial charge in [-0.15, -0.1) is 0 Å². The number of carbonyl (C=O) groups excluding carboxylic acids is 1. The van der Waals surface area contributed by atoms with Crippen molar-refractivity contribution in [2.45, 2.75) is 46.1 Å². The maximum absolute atomic E-state index is 12.4. The Bertz CT molecular complexity index is 395. The normalized spacial score (nSPS) is 12.2. The Hall–Kier alpha value is -1.09. The molecule has 1 amide bonds. The predicted octanol–water partition coefficient (Wildman–Crippen LogP) is 3.78. The number of aromatic nitrogens is 1. The molecule has 1 heterocycles. The average molecular weight is 269 g/mol. The van der Waals surface area contributed by atoms with Crippen LogP contribution in [0.1, 0.15) is 50.5 Å². The van der Waals surface area contributed by atoms with Crippen LogP contribution in [0.2, 0.25) is 5.02 Å². The molecule has 0 radical (unpaired) electrons. The van der Waals surface area contributed by atoms with Crippen LogP contribution in [0.3, 0.4) is 0 Å². The molecule has 1 aromatic rings. The number of rotatable bonds is 6. The summed E-state index contributed by atoms with van der Waals surface area (Å²) < 4.78 is 0. The molecule has 1 unspecified atom stereocenters. The van der Waals surface area contributed by atoms with Crippen LogP contribution < -0.4 is 0 Å². The van der Waals surface area contributed by atoms with Crippen LogP contribution in [0, 0.1) is 0 Å². The summed E-state index contributed by atoms with van der Waals surface area (Å²) >= 11 is 5.90. The van der Waals surface area contributed by atoms with Gasteiger partial charge in [0, 0.05) is 23.8 Å². The quantitative estimate of drug-likeness (QED) is 0.787. The Balaban J connectivity index is 2.87. The van der Waals surface area contributed by atoms with Gasteiger partial charge in [-0.05, 0) is 31.9 Å². The molecule has 18 heavy (non-hydrogen) atoms. The van der Waals surface area contributed by atoms with E-state index in [9.17, 15) is 4.79 Å². The fraction of sp³-hybridized carbons (Fsp3) is 0.571. The first-order valence-corrected chi connectivity index (χ1v) is 6.90. The topological polar surface area (TPSA) is 33.2 Å². The van der Waals surface area contributed by atoms with Crippen molar-refractivity contribution in [3.05, 3.63) is 29.0 Å². The largest absolute Gasteiger partial charge is 0.335 e. The Labute approximate surface area is 114 Å². The van der Waals surface area contributed by atoms with Gasteiger partial charge in [0.05, 0.1) is 0 Å². The minimum Gasteiger partial charge on any atom is -0.335 e. The van der Waals surface area contributed by atoms with Gasteiger partial charge in [-0.1, -0.05) is 31.9 Å². The van der Waals surface area contributed by atoms with Crippen molar-refractivity contribution in [2.24, 2.45) is 0 Å². The first-order chi connectivity index (χ1) is 8.60. The van der Waals surface area contributed by atoms with Crippen molar-refractivity contribution >= 4 is 17.5 Å². The molecule has 0 bridgehead atoms. The standard InChI is InChI=1S/C14H21ClN2O/c1-4-6-9-17(11(3)5-2)14(18)13-10-12(15)7-8-16-13/h7-8,10-11H,4-6,9H2,1-3H3. The maximum Gasteiger partial charge on any atom is 0.272 e. The molecule has 1 atom stereocenters. The molecule has 0 spiro atoms. The number of halogens is 1. The zero-order valence-electron chi connectivity index (χ0n) is 11.3. The fourth-order valence-corrected chi connectivity index (χ4v) is 1.90. The van der Waals surface area contributed by atoms with Crippen molar-refractivity contribution in [3.63, 3.8) is 0 Å². The molecule has 0 N–H and O–H groups in total. The Morgan fingerprint density at radius 2 is 2.22 bits per heavy atom. The summed E-state index contributed by atoms with van der Waals surface area (Å²) in [5.41, 5.74) is 0.430. The van der Waals surface area contributed by atoms with E-state index in [0.717, 1.165) is 25.8 Å². The number of hydrogen-bond acceptors (Lipinski definition) is 2. The van der Waals surface area contributed by atoms with E-state index in [1.807, 2.05) is 4.90 Å². The molecular weight excluding hydrogens is 248 g/mol. The van der Waals surface area contributed by atoms with Crippen molar-refractivity contribution in [1.82, 2.24) is 9.88 Å². The molecule has 1 aromatic heterocycles. The lowest BCUT2D eigenvalue weighted by Crippen LogP contribution is -2.39. The highest BCUT2D eigenvalue weighted by Gasteiger charge is 2.20. The van der Waals surface area contributed by atoms with E-state index in [0.29, 0.717) is 10.7 Å². The first-order valence-electron chi connectivity index (χ1n) is 6.52. The Morgan fingerprint density at radius 1 is 1.50 bits per heavy atom. The third-order valence-electron chi connectivity index (χ3n) is 3.08. The van der Waals surface area contributed by atoms with Gasteiger partial charge in [-0.25, -0.2) is 0 Å². The number of nitrogens with zero attached hydrogens (tertiary/aromatic N) is 2. The second kappa shape index (κ2) is 7.37. The van der Waals surface area contributed by atoms with Gasteiger partial charge >= 0.3 is 0 Å². The van der Waals surface area contributed by atoms with E-state index in [1.54, 1.807) is 18.3 Å². The molecule has 4 heteroatoms. The van der Waals surface area contributed by atoms with E-state index in [2.05, 4.69) is 25.8 Å². The Morgan fingerprint density at radius 3 is 2.78 bits per heavy atom. The zero-order chi connectivity index (χ0) is 13.5. The van der Waals surface area contributed by atoms with E-state index in [4.69, 9.17) is 11.6 Å². The van der Waals surface area contributed by atoms with Gasteiger partial charge in [-0.2, -0.15) is 0 Å². The predicted molar refractivity (Wildman–Crippen MR) is 74.9 cm³/mol. The summed E-state index contributed by atoms with van der Waals surface area (Å²) in [4.78, 5) is 18.4. The van der Waals surface area contributed by atoms with Crippen molar-refractivity contribution in [2.75, 3.05) is 6.54 Å². The maximum atomic E-state index is 12.4. The molecule has 0 aliphatic heterocycles. The minimum absolute atomic E-state index is 0.0275. The fourth-order valence-electron chi connectivity index (χ4n) is 1.74. The molecule has 1 rings (SSSR count). The molecule has 100 valence electrons.